The number of nitrogens with one attached hydrogen (secondary N) is 1. The summed E-state index contributed by atoms with van der Waals surface area (Å²) in [4.78, 5) is 17.7. The first-order valence-corrected chi connectivity index (χ1v) is 8.00. The van der Waals surface area contributed by atoms with Gasteiger partial charge < -0.3 is 14.9 Å². The van der Waals surface area contributed by atoms with E-state index >= 15 is 0 Å². The molecule has 0 aromatic heterocycles. The van der Waals surface area contributed by atoms with Gasteiger partial charge >= 0.3 is 0 Å². The van der Waals surface area contributed by atoms with Gasteiger partial charge in [0.15, 0.2) is 0 Å². The fourth-order valence-corrected chi connectivity index (χ4v) is 2.63. The average molecular weight is 342 g/mol. The standard InChI is InChI=1S/C19H19FN2O3/c1-12(14-4-3-5-16(10-14)24-2)21-19(23)18-11-17(22-25-18)13-6-8-15(20)9-7-13/h3-10,12,18H,11H2,1-2H3,(H,21,23). The number of methoxy groups -OCH3 is 1. The smallest absolute Gasteiger partial charge is 0.264 e. The molecular formula is C19H19FN2O3. The topological polar surface area (TPSA) is 59.9 Å². The number of hydrogen-bond donors (Lipinski definition) is 1. The minimum absolute atomic E-state index is 0.193. The lowest BCUT2D eigenvalue weighted by Crippen LogP contribution is -2.36. The SMILES string of the molecule is COc1cccc(C(C)NC(=O)C2CC(c3ccc(F)cc3)=NO2)c1. The van der Waals surface area contributed by atoms with Gasteiger partial charge in [-0.25, -0.2) is 4.39 Å². The molecule has 25 heavy (non-hydrogen) atoms. The van der Waals surface area contributed by atoms with Gasteiger partial charge in [0.2, 0.25) is 6.10 Å². The van der Waals surface area contributed by atoms with Crippen molar-refractivity contribution in [3.8, 4) is 5.75 Å². The third-order valence-electron chi connectivity index (χ3n) is 4.09. The normalized spacial score (nSPS) is 17.4. The Morgan fingerprint density at radius 3 is 2.80 bits per heavy atom. The molecule has 1 heterocycles. The van der Waals surface area contributed by atoms with E-state index in [1.54, 1.807) is 19.2 Å². The number of carbonyl (C=O) groups is 1. The molecule has 2 unspecified atom stereocenters. The summed E-state index contributed by atoms with van der Waals surface area (Å²) in [6.45, 7) is 1.89. The largest absolute Gasteiger partial charge is 0.497 e. The van der Waals surface area contributed by atoms with Crippen LogP contribution >= 0.6 is 0 Å². The van der Waals surface area contributed by atoms with Crippen molar-refractivity contribution >= 4 is 11.6 Å². The second-order valence-corrected chi connectivity index (χ2v) is 5.85. The third-order valence-corrected chi connectivity index (χ3v) is 4.09. The van der Waals surface area contributed by atoms with Crippen LogP contribution in [0.3, 0.4) is 0 Å². The Hall–Kier alpha value is -2.89. The Morgan fingerprint density at radius 1 is 1.32 bits per heavy atom. The van der Waals surface area contributed by atoms with Crippen LogP contribution in [-0.2, 0) is 9.63 Å². The maximum Gasteiger partial charge on any atom is 0.264 e. The first kappa shape index (κ1) is 17.0. The molecule has 1 aliphatic rings. The molecule has 6 heteroatoms. The number of hydrogen-bond acceptors (Lipinski definition) is 4. The zero-order chi connectivity index (χ0) is 17.8. The molecule has 0 saturated carbocycles. The Kier molecular flexibility index (Phi) is 4.97. The average Bonchev–Trinajstić information content (AvgIpc) is 3.12. The molecule has 0 fully saturated rings. The number of benzene rings is 2. The van der Waals surface area contributed by atoms with Crippen LogP contribution in [-0.4, -0.2) is 24.8 Å². The van der Waals surface area contributed by atoms with E-state index in [2.05, 4.69) is 10.5 Å². The summed E-state index contributed by atoms with van der Waals surface area (Å²) in [6.07, 6.45) is -0.337. The van der Waals surface area contributed by atoms with E-state index < -0.39 is 6.10 Å². The number of carbonyl (C=O) groups excluding carboxylic acids is 1. The Labute approximate surface area is 145 Å². The highest BCUT2D eigenvalue weighted by Crippen LogP contribution is 2.21. The van der Waals surface area contributed by atoms with E-state index in [9.17, 15) is 9.18 Å². The van der Waals surface area contributed by atoms with Crippen LogP contribution in [0, 0.1) is 5.82 Å². The summed E-state index contributed by atoms with van der Waals surface area (Å²) in [5.74, 6) is 0.179. The van der Waals surface area contributed by atoms with Crippen molar-refractivity contribution in [1.29, 1.82) is 0 Å². The summed E-state index contributed by atoms with van der Waals surface area (Å²) >= 11 is 0. The van der Waals surface area contributed by atoms with Gasteiger partial charge in [0.05, 0.1) is 18.9 Å². The molecule has 3 rings (SSSR count). The number of nitrogens with zero attached hydrogens (tertiary/aromatic N) is 1. The van der Waals surface area contributed by atoms with E-state index in [-0.39, 0.29) is 17.8 Å². The van der Waals surface area contributed by atoms with Crippen LogP contribution in [0.2, 0.25) is 0 Å². The van der Waals surface area contributed by atoms with Gasteiger partial charge in [0.25, 0.3) is 5.91 Å². The second kappa shape index (κ2) is 7.34. The van der Waals surface area contributed by atoms with Gasteiger partial charge in [0, 0.05) is 6.42 Å². The maximum absolute atomic E-state index is 13.0. The second-order valence-electron chi connectivity index (χ2n) is 5.85. The van der Waals surface area contributed by atoms with Gasteiger partial charge in [0.1, 0.15) is 11.6 Å². The van der Waals surface area contributed by atoms with E-state index in [0.717, 1.165) is 16.9 Å². The number of oxime groups is 1. The van der Waals surface area contributed by atoms with Crippen molar-refractivity contribution in [1.82, 2.24) is 5.32 Å². The van der Waals surface area contributed by atoms with E-state index in [1.807, 2.05) is 31.2 Å². The molecule has 2 atom stereocenters. The first-order chi connectivity index (χ1) is 12.1. The van der Waals surface area contributed by atoms with Crippen molar-refractivity contribution in [2.75, 3.05) is 7.11 Å². The maximum atomic E-state index is 13.0. The molecule has 1 aliphatic heterocycles. The highest BCUT2D eigenvalue weighted by atomic mass is 19.1. The molecule has 2 aromatic rings. The van der Waals surface area contributed by atoms with E-state index in [4.69, 9.17) is 9.57 Å². The number of rotatable bonds is 5. The van der Waals surface area contributed by atoms with Gasteiger partial charge in [-0.05, 0) is 42.3 Å². The summed E-state index contributed by atoms with van der Waals surface area (Å²) < 4.78 is 18.2. The van der Waals surface area contributed by atoms with Crippen molar-refractivity contribution in [3.05, 3.63) is 65.5 Å². The summed E-state index contributed by atoms with van der Waals surface area (Å²) in [5, 5.41) is 6.88. The van der Waals surface area contributed by atoms with Gasteiger partial charge in [-0.3, -0.25) is 4.79 Å². The third kappa shape index (κ3) is 3.96. The van der Waals surface area contributed by atoms with Crippen molar-refractivity contribution in [2.45, 2.75) is 25.5 Å². The van der Waals surface area contributed by atoms with Crippen LogP contribution in [0.15, 0.2) is 53.7 Å². The molecule has 1 N–H and O–H groups in total. The van der Waals surface area contributed by atoms with Gasteiger partial charge in [-0.1, -0.05) is 29.4 Å². The lowest BCUT2D eigenvalue weighted by Gasteiger charge is -2.17. The van der Waals surface area contributed by atoms with Gasteiger partial charge in [-0.2, -0.15) is 0 Å². The number of halogens is 1. The highest BCUT2D eigenvalue weighted by molar-refractivity contribution is 6.04. The molecule has 5 nitrogen and oxygen atoms in total. The minimum Gasteiger partial charge on any atom is -0.497 e. The molecule has 0 aliphatic carbocycles. The molecule has 130 valence electrons. The fraction of sp³-hybridized carbons (Fsp3) is 0.263. The summed E-state index contributed by atoms with van der Waals surface area (Å²) in [7, 11) is 1.60. The lowest BCUT2D eigenvalue weighted by atomic mass is 10.0. The molecule has 0 bridgehead atoms. The number of amides is 1. The predicted molar refractivity (Wildman–Crippen MR) is 92.0 cm³/mol. The molecule has 2 aromatic carbocycles. The van der Waals surface area contributed by atoms with Crippen LogP contribution < -0.4 is 10.1 Å². The number of ether oxygens (including phenoxy) is 1. The van der Waals surface area contributed by atoms with Crippen molar-refractivity contribution < 1.29 is 18.8 Å². The van der Waals surface area contributed by atoms with E-state index in [1.165, 1.54) is 12.1 Å². The molecule has 0 radical (unpaired) electrons. The highest BCUT2D eigenvalue weighted by Gasteiger charge is 2.29. The Morgan fingerprint density at radius 2 is 2.08 bits per heavy atom. The van der Waals surface area contributed by atoms with E-state index in [0.29, 0.717) is 12.1 Å². The van der Waals surface area contributed by atoms with Crippen LogP contribution in [0.5, 0.6) is 5.75 Å². The predicted octanol–water partition coefficient (Wildman–Crippen LogP) is 3.20. The molecule has 0 saturated heterocycles. The zero-order valence-electron chi connectivity index (χ0n) is 14.0. The fourth-order valence-electron chi connectivity index (χ4n) is 2.63. The lowest BCUT2D eigenvalue weighted by molar-refractivity contribution is -0.131. The quantitative estimate of drug-likeness (QED) is 0.908. The Balaban J connectivity index is 1.60. The monoisotopic (exact) mass is 342 g/mol. The summed E-state index contributed by atoms with van der Waals surface area (Å²) in [5.41, 5.74) is 2.32. The molecule has 0 spiro atoms. The minimum atomic E-state index is -0.687. The Bertz CT molecular complexity index is 790. The first-order valence-electron chi connectivity index (χ1n) is 8.00. The van der Waals surface area contributed by atoms with Gasteiger partial charge in [-0.15, -0.1) is 0 Å². The van der Waals surface area contributed by atoms with Crippen LogP contribution in [0.1, 0.15) is 30.5 Å². The summed E-state index contributed by atoms with van der Waals surface area (Å²) in [6, 6.07) is 13.3. The zero-order valence-corrected chi connectivity index (χ0v) is 14.0. The molecule has 1 amide bonds. The van der Waals surface area contributed by atoms with Crippen LogP contribution in [0.4, 0.5) is 4.39 Å². The van der Waals surface area contributed by atoms with Crippen molar-refractivity contribution in [3.63, 3.8) is 0 Å². The van der Waals surface area contributed by atoms with Crippen LogP contribution in [0.25, 0.3) is 0 Å². The molecular weight excluding hydrogens is 323 g/mol. The van der Waals surface area contributed by atoms with Crippen molar-refractivity contribution in [2.24, 2.45) is 5.16 Å².